The Balaban J connectivity index is 0.000000263. The zero-order chi connectivity index (χ0) is 79.3. The molecule has 4 fully saturated rings. The van der Waals surface area contributed by atoms with Crippen LogP contribution in [0.3, 0.4) is 0 Å². The van der Waals surface area contributed by atoms with E-state index in [2.05, 4.69) is 46.8 Å². The minimum absolute atomic E-state index is 0.0542. The highest BCUT2D eigenvalue weighted by Crippen LogP contribution is 2.40. The van der Waals surface area contributed by atoms with E-state index in [1.165, 1.54) is 66.7 Å². The van der Waals surface area contributed by atoms with Gasteiger partial charge in [0.25, 0.3) is 0 Å². The lowest BCUT2D eigenvalue weighted by molar-refractivity contribution is -0.161. The first-order valence-electron chi connectivity index (χ1n) is 41.5. The molecular formula is C91H139N3O14. The molecule has 17 nitrogen and oxygen atoms in total. The summed E-state index contributed by atoms with van der Waals surface area (Å²) < 4.78 is 40.7. The number of carbonyl (C=O) groups is 7. The normalized spacial score (nSPS) is 16.1. The SMILES string of the molecule is CC(C)(OC(=O)N(CCc1ccccc1)C(=O)OC(C)(C)C1CCCCC1)C1CCCCC1.CCC(C)(C)OC(=O)N(CCc1ccccc1)C(=O)OC(C)(C)CC.CCC(CC)(CC)OC(=O)CCCc1ccccc1.CCC1(OC(=O)N(CCc2ccccc2)C(=O)OC2(CC)CCCCC2)CCCCC1. The first-order valence-corrected chi connectivity index (χ1v) is 41.5. The maximum absolute atomic E-state index is 13.3. The van der Waals surface area contributed by atoms with Crippen molar-refractivity contribution in [1.82, 2.24) is 14.7 Å². The number of imide groups is 3. The molecule has 0 heterocycles. The van der Waals surface area contributed by atoms with Crippen LogP contribution in [0.4, 0.5) is 28.8 Å². The first kappa shape index (κ1) is 91.2. The number of amides is 6. The van der Waals surface area contributed by atoms with Crippen LogP contribution in [0.1, 0.15) is 312 Å². The van der Waals surface area contributed by atoms with Crippen molar-refractivity contribution >= 4 is 42.5 Å². The highest BCUT2D eigenvalue weighted by Gasteiger charge is 2.43. The molecule has 0 aromatic heterocycles. The Labute approximate surface area is 650 Å². The summed E-state index contributed by atoms with van der Waals surface area (Å²) in [5.41, 5.74) is 0.834. The standard InChI is InChI=1S/C28H43NO4.C26H39NO4.C20H31NO4.C17H26O2/c1-27(2,23-16-10-6-11-17-23)32-25(30)29(21-20-22-14-8-5-9-15-22)26(31)33-28(3,4)24-18-12-7-13-19-24;1-3-25(17-10-6-11-18-25)30-23(28)27(21-16-22-14-8-5-9-15-22)24(29)31-26(4-2)19-12-7-13-20-26;1-7-19(3,4)24-17(22)21(18(23)25-20(5,6)8-2)15-14-16-12-10-9-11-13-16;1-4-17(5-2,6-3)19-16(18)14-10-13-15-11-8-7-9-12-15/h5,8-9,14-15,23-24H,6-7,10-13,16-21H2,1-4H3;5,8-9,14-15H,3-4,6-7,10-13,16-21H2,1-2H3;9-13H,7-8,14-15H2,1-6H3;7-9,11-12H,4-6,10,13-14H2,1-3H3. The van der Waals surface area contributed by atoms with Crippen LogP contribution >= 0.6 is 0 Å². The third-order valence-electron chi connectivity index (χ3n) is 23.4. The summed E-state index contributed by atoms with van der Waals surface area (Å²) in [7, 11) is 0. The molecule has 0 saturated heterocycles. The molecule has 4 aromatic rings. The Bertz CT molecular complexity index is 3130. The van der Waals surface area contributed by atoms with Crippen LogP contribution in [0.25, 0.3) is 0 Å². The van der Waals surface area contributed by atoms with E-state index in [0.29, 0.717) is 50.4 Å². The zero-order valence-corrected chi connectivity index (χ0v) is 69.2. The summed E-state index contributed by atoms with van der Waals surface area (Å²) in [6.07, 6.45) is 27.4. The average Bonchev–Trinajstić information content (AvgIpc) is 0.810. The topological polar surface area (TPSA) is 194 Å². The van der Waals surface area contributed by atoms with Gasteiger partial charge in [-0.25, -0.2) is 43.5 Å². The second-order valence-electron chi connectivity index (χ2n) is 32.7. The van der Waals surface area contributed by atoms with Gasteiger partial charge in [-0.05, 0) is 244 Å². The Morgan fingerprint density at radius 3 is 0.907 bits per heavy atom. The molecule has 4 aliphatic carbocycles. The molecule has 0 aliphatic heterocycles. The van der Waals surface area contributed by atoms with Crippen LogP contribution in [0.5, 0.6) is 0 Å². The second-order valence-corrected chi connectivity index (χ2v) is 32.7. The van der Waals surface area contributed by atoms with Gasteiger partial charge in [-0.2, -0.15) is 0 Å². The maximum atomic E-state index is 13.3. The van der Waals surface area contributed by atoms with Gasteiger partial charge < -0.3 is 33.2 Å². The molecule has 6 amide bonds. The Hall–Kier alpha value is -7.43. The van der Waals surface area contributed by atoms with E-state index in [-0.39, 0.29) is 31.2 Å². The maximum Gasteiger partial charge on any atom is 0.419 e. The number of nitrogens with zero attached hydrogens (tertiary/aromatic N) is 3. The van der Waals surface area contributed by atoms with Gasteiger partial charge >= 0.3 is 42.5 Å². The third kappa shape index (κ3) is 31.1. The lowest BCUT2D eigenvalue weighted by Gasteiger charge is -2.39. The van der Waals surface area contributed by atoms with Crippen molar-refractivity contribution < 1.29 is 66.7 Å². The smallest absolute Gasteiger partial charge is 0.419 e. The third-order valence-corrected chi connectivity index (χ3v) is 23.4. The summed E-state index contributed by atoms with van der Waals surface area (Å²) in [4.78, 5) is 93.7. The Morgan fingerprint density at radius 2 is 0.620 bits per heavy atom. The van der Waals surface area contributed by atoms with E-state index in [0.717, 1.165) is 144 Å². The molecule has 17 heteroatoms. The van der Waals surface area contributed by atoms with Gasteiger partial charge in [0.2, 0.25) is 0 Å². The molecule has 0 bridgehead atoms. The van der Waals surface area contributed by atoms with Crippen molar-refractivity contribution in [2.24, 2.45) is 11.8 Å². The predicted octanol–water partition coefficient (Wildman–Crippen LogP) is 24.3. The largest absolute Gasteiger partial charge is 0.459 e. The highest BCUT2D eigenvalue weighted by molar-refractivity contribution is 5.89. The number of ether oxygens (including phenoxy) is 7. The highest BCUT2D eigenvalue weighted by atomic mass is 16.6. The number of hydrogen-bond donors (Lipinski definition) is 0. The van der Waals surface area contributed by atoms with Gasteiger partial charge in [0.05, 0.1) is 0 Å². The summed E-state index contributed by atoms with van der Waals surface area (Å²) >= 11 is 0. The fraction of sp³-hybridized carbons (Fsp3) is 0.659. The molecule has 4 aliphatic rings. The summed E-state index contributed by atoms with van der Waals surface area (Å²) in [5, 5.41) is 0. The molecule has 108 heavy (non-hydrogen) atoms. The zero-order valence-electron chi connectivity index (χ0n) is 69.2. The average molecular weight is 1500 g/mol. The molecule has 8 rings (SSSR count). The number of benzene rings is 4. The van der Waals surface area contributed by atoms with Crippen LogP contribution in [0, 0.1) is 11.8 Å². The number of rotatable bonds is 29. The monoisotopic (exact) mass is 1500 g/mol. The fourth-order valence-corrected chi connectivity index (χ4v) is 14.7. The van der Waals surface area contributed by atoms with Crippen molar-refractivity contribution in [3.8, 4) is 0 Å². The Morgan fingerprint density at radius 1 is 0.343 bits per heavy atom. The fourth-order valence-electron chi connectivity index (χ4n) is 14.7. The van der Waals surface area contributed by atoms with E-state index in [1.54, 1.807) is 0 Å². The van der Waals surface area contributed by atoms with Gasteiger partial charge in [0.15, 0.2) is 0 Å². The molecule has 0 radical (unpaired) electrons. The van der Waals surface area contributed by atoms with E-state index in [1.807, 2.05) is 178 Å². The lowest BCUT2D eigenvalue weighted by Crippen LogP contribution is -2.48. The minimum Gasteiger partial charge on any atom is -0.459 e. The number of carbonyl (C=O) groups excluding carboxylic acids is 7. The van der Waals surface area contributed by atoms with Crippen LogP contribution in [-0.2, 0) is 63.6 Å². The minimum atomic E-state index is -0.667. The van der Waals surface area contributed by atoms with Gasteiger partial charge in [-0.3, -0.25) is 4.79 Å². The summed E-state index contributed by atoms with van der Waals surface area (Å²) in [5.74, 6) is 0.586. The van der Waals surface area contributed by atoms with Crippen LogP contribution < -0.4 is 0 Å². The molecule has 602 valence electrons. The summed E-state index contributed by atoms with van der Waals surface area (Å²) in [6, 6.07) is 39.8. The van der Waals surface area contributed by atoms with Crippen LogP contribution in [0.2, 0.25) is 0 Å². The van der Waals surface area contributed by atoms with Crippen molar-refractivity contribution in [3.63, 3.8) is 0 Å². The van der Waals surface area contributed by atoms with Crippen molar-refractivity contribution in [1.29, 1.82) is 0 Å². The van der Waals surface area contributed by atoms with Crippen LogP contribution in [-0.4, -0.2) is 116 Å². The second kappa shape index (κ2) is 45.7. The van der Waals surface area contributed by atoms with Crippen LogP contribution in [0.15, 0.2) is 121 Å². The van der Waals surface area contributed by atoms with Crippen molar-refractivity contribution in [2.45, 2.75) is 355 Å². The molecule has 0 N–H and O–H groups in total. The van der Waals surface area contributed by atoms with Crippen molar-refractivity contribution in [2.75, 3.05) is 19.6 Å². The molecule has 4 aromatic carbocycles. The van der Waals surface area contributed by atoms with Gasteiger partial charge in [0.1, 0.15) is 39.2 Å². The molecule has 0 spiro atoms. The van der Waals surface area contributed by atoms with E-state index < -0.39 is 70.2 Å². The molecule has 0 atom stereocenters. The van der Waals surface area contributed by atoms with E-state index in [9.17, 15) is 33.6 Å². The quantitative estimate of drug-likeness (QED) is 0.0368. The van der Waals surface area contributed by atoms with Crippen molar-refractivity contribution in [3.05, 3.63) is 144 Å². The number of hydrogen-bond acceptors (Lipinski definition) is 14. The molecular weight excluding hydrogens is 1360 g/mol. The summed E-state index contributed by atoms with van der Waals surface area (Å²) in [6.45, 7) is 30.2. The van der Waals surface area contributed by atoms with E-state index >= 15 is 0 Å². The molecule has 4 saturated carbocycles. The van der Waals surface area contributed by atoms with Gasteiger partial charge in [-0.1, -0.05) is 221 Å². The van der Waals surface area contributed by atoms with E-state index in [4.69, 9.17) is 33.2 Å². The first-order chi connectivity index (χ1) is 51.5. The number of esters is 1. The van der Waals surface area contributed by atoms with Gasteiger partial charge in [0, 0.05) is 26.1 Å². The van der Waals surface area contributed by atoms with Gasteiger partial charge in [-0.15, -0.1) is 0 Å². The number of aryl methyl sites for hydroxylation is 1. The molecule has 0 unspecified atom stereocenters. The lowest BCUT2D eigenvalue weighted by atomic mass is 9.79. The predicted molar refractivity (Wildman–Crippen MR) is 431 cm³/mol. The Kier molecular flexibility index (Phi) is 38.5.